The van der Waals surface area contributed by atoms with Crippen molar-refractivity contribution >= 4 is 53.3 Å². The Morgan fingerprint density at radius 1 is 1.55 bits per heavy atom. The highest BCUT2D eigenvalue weighted by molar-refractivity contribution is 7.73. The molecule has 0 aliphatic carbocycles. The summed E-state index contributed by atoms with van der Waals surface area (Å²) >= 11 is 12.5. The van der Waals surface area contributed by atoms with Gasteiger partial charge in [-0.1, -0.05) is 23.7 Å². The molecular weight excluding hydrogens is 314 g/mol. The average Bonchev–Trinajstić information content (AvgIpc) is 2.69. The molecule has 104 valence electrons. The Balaban J connectivity index is 2.53. The summed E-state index contributed by atoms with van der Waals surface area (Å²) in [4.78, 5) is 14.5. The summed E-state index contributed by atoms with van der Waals surface area (Å²) in [7, 11) is 0. The molecule has 2 aromatic rings. The van der Waals surface area contributed by atoms with Crippen molar-refractivity contribution < 1.29 is 9.53 Å². The van der Waals surface area contributed by atoms with Crippen LogP contribution in [-0.2, 0) is 9.53 Å². The number of carbonyl (C=O) groups is 1. The highest BCUT2D eigenvalue weighted by Gasteiger charge is 1.98. The minimum absolute atomic E-state index is 0.341. The van der Waals surface area contributed by atoms with Gasteiger partial charge in [0.05, 0.1) is 16.5 Å². The van der Waals surface area contributed by atoms with Crippen molar-refractivity contribution in [3.8, 4) is 0 Å². The summed E-state index contributed by atoms with van der Waals surface area (Å²) in [5.41, 5.74) is 0.946. The van der Waals surface area contributed by atoms with E-state index in [4.69, 9.17) is 28.6 Å². The number of rotatable bonds is 3. The molecule has 3 nitrogen and oxygen atoms in total. The molecule has 6 heteroatoms. The Morgan fingerprint density at radius 3 is 3.05 bits per heavy atom. The van der Waals surface area contributed by atoms with Crippen molar-refractivity contribution in [1.82, 2.24) is 4.98 Å². The van der Waals surface area contributed by atoms with Gasteiger partial charge in [-0.05, 0) is 42.9 Å². The van der Waals surface area contributed by atoms with Crippen LogP contribution in [0.5, 0.6) is 0 Å². The van der Waals surface area contributed by atoms with E-state index in [1.807, 2.05) is 30.3 Å². The maximum atomic E-state index is 11.5. The van der Waals surface area contributed by atoms with Crippen molar-refractivity contribution in [2.45, 2.75) is 6.92 Å². The molecule has 0 fully saturated rings. The van der Waals surface area contributed by atoms with Crippen LogP contribution in [0.15, 0.2) is 24.3 Å². The fourth-order valence-electron chi connectivity index (χ4n) is 1.62. The van der Waals surface area contributed by atoms with Gasteiger partial charge in [0, 0.05) is 11.1 Å². The lowest BCUT2D eigenvalue weighted by Gasteiger charge is -1.94. The molecule has 1 aromatic heterocycles. The van der Waals surface area contributed by atoms with Gasteiger partial charge in [-0.3, -0.25) is 0 Å². The minimum Gasteiger partial charge on any atom is -0.463 e. The van der Waals surface area contributed by atoms with Crippen molar-refractivity contribution in [3.05, 3.63) is 48.7 Å². The van der Waals surface area contributed by atoms with Crippen LogP contribution in [0.3, 0.4) is 0 Å². The Morgan fingerprint density at radius 2 is 2.35 bits per heavy atom. The van der Waals surface area contributed by atoms with Crippen LogP contribution >= 0.6 is 35.2 Å². The van der Waals surface area contributed by atoms with Crippen LogP contribution in [0, 0.1) is 3.95 Å². The van der Waals surface area contributed by atoms with Gasteiger partial charge in [0.15, 0.2) is 3.95 Å². The Bertz CT molecular complexity index is 792. The van der Waals surface area contributed by atoms with Gasteiger partial charge in [-0.2, -0.15) is 0 Å². The normalized spacial score (nSPS) is 12.7. The number of benzene rings is 1. The van der Waals surface area contributed by atoms with Gasteiger partial charge in [0.25, 0.3) is 0 Å². The maximum Gasteiger partial charge on any atom is 0.332 e. The number of H-pyrrole nitrogens is 1. The standard InChI is InChI=1S/C14H12ClNO2S2/c1-2-18-13(17)8-11-12(20-14(19)16-11)7-9-4-3-5-10(15)6-9/h3-8H,2H2,1H3,(H,16,19)/b11-8-,12-7-. The second-order valence-corrected chi connectivity index (χ2v) is 6.04. The van der Waals surface area contributed by atoms with Crippen molar-refractivity contribution in [2.24, 2.45) is 0 Å². The molecule has 0 atom stereocenters. The van der Waals surface area contributed by atoms with E-state index in [2.05, 4.69) is 4.98 Å². The molecule has 1 heterocycles. The molecule has 0 saturated heterocycles. The maximum absolute atomic E-state index is 11.5. The van der Waals surface area contributed by atoms with Crippen LogP contribution in [0.25, 0.3) is 12.2 Å². The molecule has 0 radical (unpaired) electrons. The van der Waals surface area contributed by atoms with Crippen LogP contribution in [0.2, 0.25) is 5.02 Å². The summed E-state index contributed by atoms with van der Waals surface area (Å²) in [6, 6.07) is 7.46. The van der Waals surface area contributed by atoms with E-state index in [0.717, 1.165) is 10.1 Å². The predicted molar refractivity (Wildman–Crippen MR) is 84.9 cm³/mol. The predicted octanol–water partition coefficient (Wildman–Crippen LogP) is 2.63. The van der Waals surface area contributed by atoms with E-state index < -0.39 is 5.97 Å². The fourth-order valence-corrected chi connectivity index (χ4v) is 2.97. The highest BCUT2D eigenvalue weighted by Crippen LogP contribution is 2.10. The van der Waals surface area contributed by atoms with Crippen LogP contribution < -0.4 is 9.88 Å². The number of esters is 1. The molecule has 0 unspecified atom stereocenters. The smallest absolute Gasteiger partial charge is 0.332 e. The van der Waals surface area contributed by atoms with Crippen molar-refractivity contribution in [3.63, 3.8) is 0 Å². The number of aromatic nitrogens is 1. The zero-order valence-corrected chi connectivity index (χ0v) is 13.1. The number of thiazole rings is 1. The number of aromatic amines is 1. The highest BCUT2D eigenvalue weighted by atomic mass is 35.5. The molecule has 1 N–H and O–H groups in total. The van der Waals surface area contributed by atoms with Crippen LogP contribution in [-0.4, -0.2) is 17.6 Å². The number of hydrogen-bond donors (Lipinski definition) is 1. The molecule has 0 amide bonds. The molecule has 0 aliphatic rings. The van der Waals surface area contributed by atoms with E-state index >= 15 is 0 Å². The first-order valence-electron chi connectivity index (χ1n) is 5.93. The van der Waals surface area contributed by atoms with Gasteiger partial charge >= 0.3 is 5.97 Å². The summed E-state index contributed by atoms with van der Waals surface area (Å²) in [6.45, 7) is 2.11. The van der Waals surface area contributed by atoms with Crippen LogP contribution in [0.1, 0.15) is 12.5 Å². The van der Waals surface area contributed by atoms with Crippen molar-refractivity contribution in [2.75, 3.05) is 6.61 Å². The number of hydrogen-bond acceptors (Lipinski definition) is 4. The summed E-state index contributed by atoms with van der Waals surface area (Å²) in [5.74, 6) is -0.391. The Kier molecular flexibility index (Phi) is 5.11. The Hall–Kier alpha value is -1.43. The Labute approximate surface area is 130 Å². The molecule has 1 aromatic carbocycles. The second-order valence-electron chi connectivity index (χ2n) is 3.89. The second kappa shape index (κ2) is 6.83. The third-order valence-corrected chi connectivity index (χ3v) is 3.83. The molecule has 0 spiro atoms. The van der Waals surface area contributed by atoms with E-state index in [0.29, 0.717) is 20.9 Å². The molecule has 20 heavy (non-hydrogen) atoms. The van der Waals surface area contributed by atoms with Gasteiger partial charge in [-0.25, -0.2) is 4.79 Å². The van der Waals surface area contributed by atoms with Gasteiger partial charge in [0.2, 0.25) is 0 Å². The molecule has 2 rings (SSSR count). The minimum atomic E-state index is -0.391. The number of nitrogens with one attached hydrogen (secondary N) is 1. The monoisotopic (exact) mass is 325 g/mol. The topological polar surface area (TPSA) is 42.1 Å². The molecule has 0 aliphatic heterocycles. The SMILES string of the molecule is CCOC(=O)/C=c1\[nH]c(=S)s\c1=C/c1cccc(Cl)c1. The lowest BCUT2D eigenvalue weighted by Crippen LogP contribution is -2.23. The first kappa shape index (κ1) is 15.0. The zero-order chi connectivity index (χ0) is 14.5. The lowest BCUT2D eigenvalue weighted by molar-refractivity contribution is -0.135. The average molecular weight is 326 g/mol. The van der Waals surface area contributed by atoms with Gasteiger partial charge in [-0.15, -0.1) is 11.3 Å². The third-order valence-electron chi connectivity index (χ3n) is 2.40. The fraction of sp³-hybridized carbons (Fsp3) is 0.143. The summed E-state index contributed by atoms with van der Waals surface area (Å²) in [5, 5.41) is 1.31. The van der Waals surface area contributed by atoms with Crippen molar-refractivity contribution in [1.29, 1.82) is 0 Å². The zero-order valence-electron chi connectivity index (χ0n) is 10.7. The van der Waals surface area contributed by atoms with Gasteiger partial charge < -0.3 is 9.72 Å². The quantitative estimate of drug-likeness (QED) is 0.697. The molecule has 0 bridgehead atoms. The van der Waals surface area contributed by atoms with E-state index in [9.17, 15) is 4.79 Å². The van der Waals surface area contributed by atoms with Gasteiger partial charge in [0.1, 0.15) is 0 Å². The molecule has 0 saturated carbocycles. The van der Waals surface area contributed by atoms with E-state index in [-0.39, 0.29) is 0 Å². The van der Waals surface area contributed by atoms with E-state index in [1.165, 1.54) is 17.4 Å². The third kappa shape index (κ3) is 4.03. The molecular formula is C14H12ClNO2S2. The summed E-state index contributed by atoms with van der Waals surface area (Å²) < 4.78 is 6.37. The van der Waals surface area contributed by atoms with E-state index in [1.54, 1.807) is 6.92 Å². The number of halogens is 1. The summed E-state index contributed by atoms with van der Waals surface area (Å²) in [6.07, 6.45) is 3.33. The first-order valence-corrected chi connectivity index (χ1v) is 7.53. The van der Waals surface area contributed by atoms with Crippen LogP contribution in [0.4, 0.5) is 0 Å². The first-order chi connectivity index (χ1) is 9.58. The number of ether oxygens (including phenoxy) is 1. The lowest BCUT2D eigenvalue weighted by atomic mass is 10.2. The number of carbonyl (C=O) groups excluding carboxylic acids is 1. The largest absolute Gasteiger partial charge is 0.463 e.